The van der Waals surface area contributed by atoms with Crippen LogP contribution >= 0.6 is 0 Å². The average Bonchev–Trinajstić information content (AvgIpc) is 1.21. The second kappa shape index (κ2) is 2.64. The molecule has 1 nitrogen and oxygen atoms in total. The van der Waals surface area contributed by atoms with Crippen molar-refractivity contribution in [3.63, 3.8) is 0 Å². The third-order valence-electron chi connectivity index (χ3n) is 0.589. The summed E-state index contributed by atoms with van der Waals surface area (Å²) in [5.74, 6) is 0. The molecule has 0 bridgehead atoms. The molecule has 0 amide bonds. The Balaban J connectivity index is 3.39. The minimum absolute atomic E-state index is 0.0837. The molecule has 0 aliphatic heterocycles. The van der Waals surface area contributed by atoms with Crippen LogP contribution in [0.5, 0.6) is 0 Å². The summed E-state index contributed by atoms with van der Waals surface area (Å²) < 4.78 is 5.58. The molecule has 50 valence electrons. The Labute approximate surface area is 53.8 Å². The third kappa shape index (κ3) is 6.18. The van der Waals surface area contributed by atoms with Gasteiger partial charge in [-0.05, 0) is 33.9 Å². The summed E-state index contributed by atoms with van der Waals surface area (Å²) in [5, 5.41) is 0. The lowest BCUT2D eigenvalue weighted by Gasteiger charge is -2.22. The summed E-state index contributed by atoms with van der Waals surface area (Å²) in [4.78, 5) is 0. The van der Waals surface area contributed by atoms with E-state index in [1.165, 1.54) is 0 Å². The van der Waals surface area contributed by atoms with Crippen molar-refractivity contribution in [2.75, 3.05) is 0 Å². The molecule has 0 heterocycles. The molecule has 0 unspecified atom stereocenters. The van der Waals surface area contributed by atoms with Crippen LogP contribution in [0.2, 0.25) is 13.1 Å². The van der Waals surface area contributed by atoms with Crippen LogP contribution in [0.4, 0.5) is 0 Å². The maximum atomic E-state index is 5.58. The van der Waals surface area contributed by atoms with Crippen molar-refractivity contribution in [1.82, 2.24) is 0 Å². The van der Waals surface area contributed by atoms with Gasteiger partial charge in [0, 0.05) is 5.60 Å². The van der Waals surface area contributed by atoms with Gasteiger partial charge in [0.15, 0.2) is 9.04 Å². The van der Waals surface area contributed by atoms with Crippen LogP contribution in [0.15, 0.2) is 0 Å². The Hall–Kier alpha value is 0.177. The Kier molecular flexibility index (Phi) is 2.70. The molecule has 0 aromatic carbocycles. The van der Waals surface area contributed by atoms with Crippen molar-refractivity contribution in [3.05, 3.63) is 0 Å². The second-order valence-corrected chi connectivity index (χ2v) is 5.61. The van der Waals surface area contributed by atoms with Crippen molar-refractivity contribution in [3.8, 4) is 0 Å². The van der Waals surface area contributed by atoms with E-state index < -0.39 is 9.04 Å². The summed E-state index contributed by atoms with van der Waals surface area (Å²) in [6, 6.07) is 0. The molecule has 0 spiro atoms. The SMILES string of the molecule is C[SiH](C)OC(C)(C)C. The topological polar surface area (TPSA) is 9.23 Å². The molecule has 0 aliphatic carbocycles. The normalized spacial score (nSPS) is 12.8. The first-order valence-corrected chi connectivity index (χ1v) is 5.88. The predicted molar refractivity (Wildman–Crippen MR) is 39.7 cm³/mol. The van der Waals surface area contributed by atoms with Crippen molar-refractivity contribution >= 4 is 9.04 Å². The molecule has 0 aliphatic rings. The van der Waals surface area contributed by atoms with Gasteiger partial charge >= 0.3 is 0 Å². The van der Waals surface area contributed by atoms with Gasteiger partial charge in [0.1, 0.15) is 0 Å². The van der Waals surface area contributed by atoms with Gasteiger partial charge in [-0.1, -0.05) is 0 Å². The van der Waals surface area contributed by atoms with Gasteiger partial charge in [-0.15, -0.1) is 0 Å². The van der Waals surface area contributed by atoms with Crippen LogP contribution in [0.3, 0.4) is 0 Å². The van der Waals surface area contributed by atoms with Crippen LogP contribution in [-0.2, 0) is 4.43 Å². The Morgan fingerprint density at radius 3 is 1.50 bits per heavy atom. The lowest BCUT2D eigenvalue weighted by Crippen LogP contribution is -2.25. The van der Waals surface area contributed by atoms with Crippen LogP contribution in [0.25, 0.3) is 0 Å². The molecule has 0 fully saturated rings. The van der Waals surface area contributed by atoms with Crippen molar-refractivity contribution in [2.45, 2.75) is 39.5 Å². The zero-order valence-electron chi connectivity index (χ0n) is 6.49. The molecule has 0 radical (unpaired) electrons. The summed E-state index contributed by atoms with van der Waals surface area (Å²) in [5.41, 5.74) is 0.0837. The Bertz CT molecular complexity index is 63.4. The number of rotatable bonds is 1. The molecule has 0 rings (SSSR count). The van der Waals surface area contributed by atoms with E-state index in [4.69, 9.17) is 4.43 Å². The van der Waals surface area contributed by atoms with Crippen LogP contribution in [0, 0.1) is 0 Å². The minimum Gasteiger partial charge on any atom is -0.416 e. The van der Waals surface area contributed by atoms with E-state index in [-0.39, 0.29) is 5.60 Å². The fraction of sp³-hybridized carbons (Fsp3) is 1.00. The van der Waals surface area contributed by atoms with E-state index in [1.54, 1.807) is 0 Å². The quantitative estimate of drug-likeness (QED) is 0.494. The molecule has 2 heteroatoms. The minimum atomic E-state index is -0.796. The van der Waals surface area contributed by atoms with Crippen LogP contribution in [-0.4, -0.2) is 14.6 Å². The second-order valence-electron chi connectivity index (χ2n) is 3.28. The molecule has 0 aromatic heterocycles. The first-order chi connectivity index (χ1) is 3.42. The van der Waals surface area contributed by atoms with Crippen LogP contribution in [0.1, 0.15) is 20.8 Å². The monoisotopic (exact) mass is 132 g/mol. The van der Waals surface area contributed by atoms with E-state index in [1.807, 2.05) is 0 Å². The van der Waals surface area contributed by atoms with Gasteiger partial charge < -0.3 is 4.43 Å². The standard InChI is InChI=1S/C6H16OSi/c1-6(2,3)7-8(4)5/h8H,1-5H3. The van der Waals surface area contributed by atoms with E-state index in [9.17, 15) is 0 Å². The van der Waals surface area contributed by atoms with Gasteiger partial charge in [0.2, 0.25) is 0 Å². The molecule has 0 N–H and O–H groups in total. The molecular formula is C6H16OSi. The summed E-state index contributed by atoms with van der Waals surface area (Å²) in [6.07, 6.45) is 0. The first-order valence-electron chi connectivity index (χ1n) is 3.09. The average molecular weight is 132 g/mol. The summed E-state index contributed by atoms with van der Waals surface area (Å²) in [6.45, 7) is 10.7. The van der Waals surface area contributed by atoms with E-state index in [0.29, 0.717) is 0 Å². The van der Waals surface area contributed by atoms with Gasteiger partial charge in [-0.25, -0.2) is 0 Å². The van der Waals surface area contributed by atoms with Crippen molar-refractivity contribution in [1.29, 1.82) is 0 Å². The first kappa shape index (κ1) is 8.18. The predicted octanol–water partition coefficient (Wildman–Crippen LogP) is 1.78. The van der Waals surface area contributed by atoms with Gasteiger partial charge in [0.25, 0.3) is 0 Å². The fourth-order valence-corrected chi connectivity index (χ4v) is 2.12. The highest BCUT2D eigenvalue weighted by atomic mass is 28.3. The molecular weight excluding hydrogens is 116 g/mol. The smallest absolute Gasteiger partial charge is 0.171 e. The lowest BCUT2D eigenvalue weighted by atomic mass is 10.2. The van der Waals surface area contributed by atoms with E-state index >= 15 is 0 Å². The zero-order valence-corrected chi connectivity index (χ0v) is 7.64. The molecule has 8 heavy (non-hydrogen) atoms. The van der Waals surface area contributed by atoms with Gasteiger partial charge in [-0.2, -0.15) is 0 Å². The van der Waals surface area contributed by atoms with E-state index in [0.717, 1.165) is 0 Å². The number of hydrogen-bond acceptors (Lipinski definition) is 1. The maximum absolute atomic E-state index is 5.58. The van der Waals surface area contributed by atoms with Gasteiger partial charge in [0.05, 0.1) is 0 Å². The Morgan fingerprint density at radius 2 is 1.50 bits per heavy atom. The highest BCUT2D eigenvalue weighted by Gasteiger charge is 2.11. The zero-order chi connectivity index (χ0) is 6.78. The number of hydrogen-bond donors (Lipinski definition) is 0. The molecule has 0 atom stereocenters. The van der Waals surface area contributed by atoms with Crippen molar-refractivity contribution < 1.29 is 4.43 Å². The Morgan fingerprint density at radius 1 is 1.12 bits per heavy atom. The third-order valence-corrected chi connectivity index (χ3v) is 1.77. The summed E-state index contributed by atoms with van der Waals surface area (Å²) >= 11 is 0. The van der Waals surface area contributed by atoms with Crippen molar-refractivity contribution in [2.24, 2.45) is 0 Å². The largest absolute Gasteiger partial charge is 0.416 e. The lowest BCUT2D eigenvalue weighted by molar-refractivity contribution is 0.132. The van der Waals surface area contributed by atoms with E-state index in [2.05, 4.69) is 33.9 Å². The highest BCUT2D eigenvalue weighted by molar-refractivity contribution is 6.48. The molecule has 0 aromatic rings. The molecule has 0 saturated carbocycles. The molecule has 0 saturated heterocycles. The van der Waals surface area contributed by atoms with Gasteiger partial charge in [-0.3, -0.25) is 0 Å². The van der Waals surface area contributed by atoms with Crippen LogP contribution < -0.4 is 0 Å². The highest BCUT2D eigenvalue weighted by Crippen LogP contribution is 2.07. The summed E-state index contributed by atoms with van der Waals surface area (Å²) in [7, 11) is -0.796. The fourth-order valence-electron chi connectivity index (χ4n) is 0.707. The maximum Gasteiger partial charge on any atom is 0.171 e.